The summed E-state index contributed by atoms with van der Waals surface area (Å²) in [4.78, 5) is 19.2. The number of fused-ring (bicyclic) bond motifs is 1. The van der Waals surface area contributed by atoms with Crippen LogP contribution in [-0.2, 0) is 14.6 Å². The molecule has 152 valence electrons. The number of carbonyl (C=O) groups is 1. The van der Waals surface area contributed by atoms with Crippen LogP contribution in [0.1, 0.15) is 41.7 Å². The van der Waals surface area contributed by atoms with Gasteiger partial charge >= 0.3 is 5.97 Å². The Morgan fingerprint density at radius 3 is 2.76 bits per heavy atom. The van der Waals surface area contributed by atoms with Gasteiger partial charge < -0.3 is 10.1 Å². The predicted octanol–water partition coefficient (Wildman–Crippen LogP) is 2.75. The number of hydrogen-bond acceptors (Lipinski definition) is 5. The van der Waals surface area contributed by atoms with Crippen molar-refractivity contribution in [3.8, 4) is 0 Å². The van der Waals surface area contributed by atoms with E-state index in [2.05, 4.69) is 15.1 Å². The molecule has 0 spiro atoms. The van der Waals surface area contributed by atoms with Gasteiger partial charge in [0.1, 0.15) is 5.82 Å². The van der Waals surface area contributed by atoms with Crippen molar-refractivity contribution >= 4 is 38.5 Å². The van der Waals surface area contributed by atoms with E-state index in [1.807, 2.05) is 38.1 Å². The van der Waals surface area contributed by atoms with Crippen molar-refractivity contribution in [3.63, 3.8) is 0 Å². The molecule has 29 heavy (non-hydrogen) atoms. The molecule has 1 unspecified atom stereocenters. The zero-order chi connectivity index (χ0) is 20.8. The van der Waals surface area contributed by atoms with Gasteiger partial charge in [-0.25, -0.2) is 13.4 Å². The Bertz CT molecular complexity index is 1200. The third-order valence-corrected chi connectivity index (χ3v) is 7.04. The Morgan fingerprint density at radius 2 is 2.10 bits per heavy atom. The van der Waals surface area contributed by atoms with Gasteiger partial charge in [0.15, 0.2) is 9.84 Å². The average molecular weight is 414 g/mol. The molecule has 8 nitrogen and oxygen atoms in total. The van der Waals surface area contributed by atoms with Gasteiger partial charge in [0.05, 0.1) is 40.7 Å². The van der Waals surface area contributed by atoms with E-state index >= 15 is 0 Å². The topological polar surface area (TPSA) is 118 Å². The largest absolute Gasteiger partial charge is 0.481 e. The lowest BCUT2D eigenvalue weighted by atomic mass is 10.1. The molecule has 1 fully saturated rings. The number of carboxylic acid groups (broad SMARTS) is 1. The molecule has 9 heteroatoms. The van der Waals surface area contributed by atoms with Gasteiger partial charge in [-0.3, -0.25) is 9.48 Å². The second-order valence-corrected chi connectivity index (χ2v) is 9.66. The SMILES string of the molecule is Cc1nn(C2CCS(=O)(=O)C2)c(C)c1/C=C(\CC(=O)O)c1nc2ccccc2[nH]1. The van der Waals surface area contributed by atoms with Gasteiger partial charge in [-0.15, -0.1) is 0 Å². The number of aromatic amines is 1. The maximum atomic E-state index is 11.9. The van der Waals surface area contributed by atoms with Gasteiger partial charge in [-0.05, 0) is 38.5 Å². The normalized spacial score (nSPS) is 19.1. The number of hydrogen-bond donors (Lipinski definition) is 2. The molecule has 0 bridgehead atoms. The fourth-order valence-corrected chi connectivity index (χ4v) is 5.55. The summed E-state index contributed by atoms with van der Waals surface area (Å²) in [5, 5.41) is 14.0. The maximum Gasteiger partial charge on any atom is 0.307 e. The van der Waals surface area contributed by atoms with Crippen molar-refractivity contribution in [2.75, 3.05) is 11.5 Å². The molecule has 3 heterocycles. The molecule has 2 aromatic heterocycles. The standard InChI is InChI=1S/C20H22N4O4S/c1-12-16(13(2)24(23-12)15-7-8-29(27,28)11-15)9-14(10-19(25)26)20-21-17-5-3-4-6-18(17)22-20/h3-6,9,15H,7-8,10-11H2,1-2H3,(H,21,22)(H,25,26)/b14-9+. The van der Waals surface area contributed by atoms with E-state index in [0.29, 0.717) is 17.8 Å². The lowest BCUT2D eigenvalue weighted by Gasteiger charge is -2.11. The lowest BCUT2D eigenvalue weighted by Crippen LogP contribution is -2.14. The van der Waals surface area contributed by atoms with Gasteiger partial charge in [0.2, 0.25) is 0 Å². The van der Waals surface area contributed by atoms with Gasteiger partial charge in [0, 0.05) is 16.8 Å². The Hall–Kier alpha value is -2.94. The first-order chi connectivity index (χ1) is 13.7. The van der Waals surface area contributed by atoms with Crippen LogP contribution in [0.3, 0.4) is 0 Å². The summed E-state index contributed by atoms with van der Waals surface area (Å²) in [6.45, 7) is 3.73. The van der Waals surface area contributed by atoms with Crippen LogP contribution in [0.25, 0.3) is 22.7 Å². The van der Waals surface area contributed by atoms with E-state index in [9.17, 15) is 18.3 Å². The number of nitrogens with zero attached hydrogens (tertiary/aromatic N) is 3. The summed E-state index contributed by atoms with van der Waals surface area (Å²) in [5.74, 6) is -0.196. The van der Waals surface area contributed by atoms with E-state index in [1.165, 1.54) is 0 Å². The van der Waals surface area contributed by atoms with E-state index in [-0.39, 0.29) is 24.0 Å². The molecule has 1 aliphatic rings. The van der Waals surface area contributed by atoms with Crippen LogP contribution < -0.4 is 0 Å². The average Bonchev–Trinajstić information content (AvgIpc) is 3.31. The van der Waals surface area contributed by atoms with Gasteiger partial charge in [0.25, 0.3) is 0 Å². The number of benzene rings is 1. The minimum absolute atomic E-state index is 0.0870. The van der Waals surface area contributed by atoms with E-state index in [0.717, 1.165) is 28.0 Å². The zero-order valence-corrected chi connectivity index (χ0v) is 17.0. The van der Waals surface area contributed by atoms with Crippen LogP contribution in [0.4, 0.5) is 0 Å². The Balaban J connectivity index is 1.77. The summed E-state index contributed by atoms with van der Waals surface area (Å²) < 4.78 is 25.5. The zero-order valence-electron chi connectivity index (χ0n) is 16.2. The van der Waals surface area contributed by atoms with Gasteiger partial charge in [-0.1, -0.05) is 12.1 Å². The first-order valence-corrected chi connectivity index (χ1v) is 11.2. The highest BCUT2D eigenvalue weighted by atomic mass is 32.2. The smallest absolute Gasteiger partial charge is 0.307 e. The molecule has 1 aromatic carbocycles. The van der Waals surface area contributed by atoms with Crippen molar-refractivity contribution in [2.24, 2.45) is 0 Å². The van der Waals surface area contributed by atoms with Crippen LogP contribution in [-0.4, -0.2) is 50.7 Å². The molecular weight excluding hydrogens is 392 g/mol. The minimum atomic E-state index is -3.03. The maximum absolute atomic E-state index is 11.9. The number of rotatable bonds is 5. The molecule has 2 N–H and O–H groups in total. The molecule has 0 saturated carbocycles. The fraction of sp³-hybridized carbons (Fsp3) is 0.350. The number of aryl methyl sites for hydroxylation is 1. The number of sulfone groups is 1. The molecule has 3 aromatic rings. The molecule has 0 amide bonds. The summed E-state index contributed by atoms with van der Waals surface area (Å²) in [6.07, 6.45) is 2.14. The van der Waals surface area contributed by atoms with Gasteiger partial charge in [-0.2, -0.15) is 5.10 Å². The van der Waals surface area contributed by atoms with Crippen molar-refractivity contribution in [1.29, 1.82) is 0 Å². The van der Waals surface area contributed by atoms with Crippen molar-refractivity contribution < 1.29 is 18.3 Å². The first-order valence-electron chi connectivity index (χ1n) is 9.37. The lowest BCUT2D eigenvalue weighted by molar-refractivity contribution is -0.135. The Morgan fingerprint density at radius 1 is 1.34 bits per heavy atom. The molecule has 4 rings (SSSR count). The summed E-state index contributed by atoms with van der Waals surface area (Å²) >= 11 is 0. The number of aromatic nitrogens is 4. The van der Waals surface area contributed by atoms with E-state index < -0.39 is 15.8 Å². The van der Waals surface area contributed by atoms with Crippen LogP contribution in [0, 0.1) is 13.8 Å². The van der Waals surface area contributed by atoms with E-state index in [1.54, 1.807) is 10.8 Å². The number of imidazole rings is 1. The Labute approximate surface area is 168 Å². The monoisotopic (exact) mass is 414 g/mol. The van der Waals surface area contributed by atoms with E-state index in [4.69, 9.17) is 0 Å². The second kappa shape index (κ2) is 7.14. The number of aliphatic carboxylic acids is 1. The highest BCUT2D eigenvalue weighted by molar-refractivity contribution is 7.91. The predicted molar refractivity (Wildman–Crippen MR) is 110 cm³/mol. The number of H-pyrrole nitrogens is 1. The van der Waals surface area contributed by atoms with Crippen LogP contribution in [0.15, 0.2) is 24.3 Å². The molecule has 1 aliphatic heterocycles. The van der Waals surface area contributed by atoms with Crippen LogP contribution in [0.5, 0.6) is 0 Å². The first kappa shape index (κ1) is 19.4. The molecule has 1 saturated heterocycles. The highest BCUT2D eigenvalue weighted by Gasteiger charge is 2.31. The summed E-state index contributed by atoms with van der Waals surface area (Å²) in [7, 11) is -3.03. The minimum Gasteiger partial charge on any atom is -0.481 e. The molecule has 0 aliphatic carbocycles. The van der Waals surface area contributed by atoms with Crippen LogP contribution >= 0.6 is 0 Å². The quantitative estimate of drug-likeness (QED) is 0.663. The molecular formula is C20H22N4O4S. The highest BCUT2D eigenvalue weighted by Crippen LogP contribution is 2.29. The number of nitrogens with one attached hydrogen (secondary N) is 1. The number of carboxylic acids is 1. The van der Waals surface area contributed by atoms with Crippen molar-refractivity contribution in [2.45, 2.75) is 32.7 Å². The van der Waals surface area contributed by atoms with Crippen molar-refractivity contribution in [1.82, 2.24) is 19.7 Å². The second-order valence-electron chi connectivity index (χ2n) is 7.43. The number of para-hydroxylation sites is 2. The third-order valence-electron chi connectivity index (χ3n) is 5.29. The summed E-state index contributed by atoms with van der Waals surface area (Å²) in [6, 6.07) is 7.33. The fourth-order valence-electron chi connectivity index (χ4n) is 3.85. The third kappa shape index (κ3) is 3.82. The molecule has 0 radical (unpaired) electrons. The molecule has 1 atom stereocenters. The Kier molecular flexibility index (Phi) is 4.77. The summed E-state index contributed by atoms with van der Waals surface area (Å²) in [5.41, 5.74) is 4.48. The van der Waals surface area contributed by atoms with Crippen molar-refractivity contribution in [3.05, 3.63) is 47.0 Å². The van der Waals surface area contributed by atoms with Crippen LogP contribution in [0.2, 0.25) is 0 Å².